The first-order chi connectivity index (χ1) is 7.70. The van der Waals surface area contributed by atoms with Crippen LogP contribution in [-0.4, -0.2) is 31.8 Å². The molecule has 1 aromatic rings. The molecule has 1 fully saturated rings. The van der Waals surface area contributed by atoms with Crippen LogP contribution in [0.1, 0.15) is 10.4 Å². The van der Waals surface area contributed by atoms with E-state index in [-0.39, 0.29) is 5.91 Å². The predicted molar refractivity (Wildman–Crippen MR) is 62.1 cm³/mol. The number of hydrogen-bond donors (Lipinski definition) is 1. The largest absolute Gasteiger partial charge is 0.360 e. The summed E-state index contributed by atoms with van der Waals surface area (Å²) >= 11 is 5.93. The molecule has 1 N–H and O–H groups in total. The third kappa shape index (κ3) is 2.17. The van der Waals surface area contributed by atoms with Gasteiger partial charge in [0.25, 0.3) is 0 Å². The van der Waals surface area contributed by atoms with Gasteiger partial charge in [-0.3, -0.25) is 9.59 Å². The van der Waals surface area contributed by atoms with Gasteiger partial charge in [-0.05, 0) is 18.2 Å². The van der Waals surface area contributed by atoms with Gasteiger partial charge in [-0.25, -0.2) is 0 Å². The van der Waals surface area contributed by atoms with Gasteiger partial charge in [-0.1, -0.05) is 11.6 Å². The lowest BCUT2D eigenvalue weighted by Crippen LogP contribution is -2.47. The van der Waals surface area contributed by atoms with E-state index in [1.54, 1.807) is 18.2 Å². The molecule has 1 aliphatic heterocycles. The fraction of sp³-hybridized carbons (Fsp3) is 0.273. The van der Waals surface area contributed by atoms with Gasteiger partial charge >= 0.3 is 0 Å². The molecule has 1 aliphatic rings. The number of benzene rings is 1. The van der Waals surface area contributed by atoms with E-state index in [0.29, 0.717) is 23.7 Å². The molecule has 0 spiro atoms. The predicted octanol–water partition coefficient (Wildman–Crippen LogP) is 1.09. The first-order valence-corrected chi connectivity index (χ1v) is 5.35. The van der Waals surface area contributed by atoms with Crippen LogP contribution in [0, 0.1) is 0 Å². The number of nitrogens with zero attached hydrogens (tertiary/aromatic N) is 1. The minimum atomic E-state index is 0.00170. The van der Waals surface area contributed by atoms with Crippen LogP contribution in [0.15, 0.2) is 18.2 Å². The number of carbonyl (C=O) groups excluding carboxylic acids is 2. The first-order valence-electron chi connectivity index (χ1n) is 4.97. The summed E-state index contributed by atoms with van der Waals surface area (Å²) in [4.78, 5) is 23.7. The SMILES string of the molecule is O=Cc1ccc(N2CCNC(=O)C2)cc1Cl. The Balaban J connectivity index is 2.23. The number of amides is 1. The molecular weight excluding hydrogens is 228 g/mol. The highest BCUT2D eigenvalue weighted by Gasteiger charge is 2.16. The maximum Gasteiger partial charge on any atom is 0.239 e. The molecule has 4 nitrogen and oxygen atoms in total. The number of piperazine rings is 1. The van der Waals surface area contributed by atoms with E-state index < -0.39 is 0 Å². The average Bonchev–Trinajstić information content (AvgIpc) is 2.29. The van der Waals surface area contributed by atoms with Crippen molar-refractivity contribution in [3.63, 3.8) is 0 Å². The second kappa shape index (κ2) is 4.53. The van der Waals surface area contributed by atoms with E-state index in [1.165, 1.54) is 0 Å². The number of aldehydes is 1. The quantitative estimate of drug-likeness (QED) is 0.785. The third-order valence-corrected chi connectivity index (χ3v) is 2.84. The second-order valence-corrected chi connectivity index (χ2v) is 4.00. The van der Waals surface area contributed by atoms with Crippen LogP contribution in [-0.2, 0) is 4.79 Å². The number of carbonyl (C=O) groups is 2. The molecule has 0 unspecified atom stereocenters. The van der Waals surface area contributed by atoms with E-state index >= 15 is 0 Å². The number of halogens is 1. The summed E-state index contributed by atoms with van der Waals surface area (Å²) in [5, 5.41) is 3.16. The van der Waals surface area contributed by atoms with E-state index in [0.717, 1.165) is 18.5 Å². The molecule has 0 saturated carbocycles. The van der Waals surface area contributed by atoms with Crippen molar-refractivity contribution in [3.8, 4) is 0 Å². The van der Waals surface area contributed by atoms with Crippen molar-refractivity contribution in [1.82, 2.24) is 5.32 Å². The van der Waals surface area contributed by atoms with E-state index in [2.05, 4.69) is 5.32 Å². The number of nitrogens with one attached hydrogen (secondary N) is 1. The Hall–Kier alpha value is -1.55. The Kier molecular flexibility index (Phi) is 3.10. The number of rotatable bonds is 2. The van der Waals surface area contributed by atoms with Gasteiger partial charge in [0.15, 0.2) is 6.29 Å². The monoisotopic (exact) mass is 238 g/mol. The smallest absolute Gasteiger partial charge is 0.239 e. The highest BCUT2D eigenvalue weighted by Crippen LogP contribution is 2.23. The zero-order valence-corrected chi connectivity index (χ0v) is 9.33. The van der Waals surface area contributed by atoms with Crippen LogP contribution in [0.2, 0.25) is 5.02 Å². The van der Waals surface area contributed by atoms with Gasteiger partial charge in [0.2, 0.25) is 5.91 Å². The van der Waals surface area contributed by atoms with Gasteiger partial charge < -0.3 is 10.2 Å². The van der Waals surface area contributed by atoms with Crippen molar-refractivity contribution in [2.75, 3.05) is 24.5 Å². The zero-order chi connectivity index (χ0) is 11.5. The minimum absolute atomic E-state index is 0.00170. The fourth-order valence-electron chi connectivity index (χ4n) is 1.67. The highest BCUT2D eigenvalue weighted by atomic mass is 35.5. The lowest BCUT2D eigenvalue weighted by Gasteiger charge is -2.28. The molecule has 1 aromatic carbocycles. The summed E-state index contributed by atoms with van der Waals surface area (Å²) in [6.07, 6.45) is 0.717. The molecule has 1 saturated heterocycles. The molecular formula is C11H11ClN2O2. The second-order valence-electron chi connectivity index (χ2n) is 3.60. The molecule has 0 bridgehead atoms. The summed E-state index contributed by atoms with van der Waals surface area (Å²) in [5.74, 6) is 0.00170. The maximum absolute atomic E-state index is 11.2. The van der Waals surface area contributed by atoms with Crippen molar-refractivity contribution in [2.24, 2.45) is 0 Å². The molecule has 16 heavy (non-hydrogen) atoms. The lowest BCUT2D eigenvalue weighted by molar-refractivity contribution is -0.120. The maximum atomic E-state index is 11.2. The van der Waals surface area contributed by atoms with Gasteiger partial charge in [0.05, 0.1) is 11.6 Å². The lowest BCUT2D eigenvalue weighted by atomic mass is 10.2. The Morgan fingerprint density at radius 2 is 2.25 bits per heavy atom. The molecule has 5 heteroatoms. The number of anilines is 1. The van der Waals surface area contributed by atoms with Gasteiger partial charge in [0, 0.05) is 24.3 Å². The fourth-order valence-corrected chi connectivity index (χ4v) is 1.89. The molecule has 0 aliphatic carbocycles. The van der Waals surface area contributed by atoms with E-state index in [4.69, 9.17) is 11.6 Å². The summed E-state index contributed by atoms with van der Waals surface area (Å²) in [6.45, 7) is 1.71. The summed E-state index contributed by atoms with van der Waals surface area (Å²) < 4.78 is 0. The molecule has 0 radical (unpaired) electrons. The molecule has 2 rings (SSSR count). The Bertz CT molecular complexity index is 434. The standard InChI is InChI=1S/C11H11ClN2O2/c12-10-5-9(2-1-8(10)7-15)14-4-3-13-11(16)6-14/h1-2,5,7H,3-4,6H2,(H,13,16). The Morgan fingerprint density at radius 1 is 1.44 bits per heavy atom. The van der Waals surface area contributed by atoms with Crippen LogP contribution in [0.25, 0.3) is 0 Å². The van der Waals surface area contributed by atoms with Gasteiger partial charge in [-0.15, -0.1) is 0 Å². The van der Waals surface area contributed by atoms with Crippen molar-refractivity contribution in [2.45, 2.75) is 0 Å². The third-order valence-electron chi connectivity index (χ3n) is 2.51. The molecule has 0 atom stereocenters. The Morgan fingerprint density at radius 3 is 2.88 bits per heavy atom. The van der Waals surface area contributed by atoms with Crippen LogP contribution in [0.3, 0.4) is 0 Å². The minimum Gasteiger partial charge on any atom is -0.360 e. The molecule has 84 valence electrons. The van der Waals surface area contributed by atoms with Crippen molar-refractivity contribution in [3.05, 3.63) is 28.8 Å². The average molecular weight is 239 g/mol. The van der Waals surface area contributed by atoms with Crippen molar-refractivity contribution >= 4 is 29.5 Å². The molecule has 0 aromatic heterocycles. The molecule has 1 amide bonds. The van der Waals surface area contributed by atoms with Crippen LogP contribution >= 0.6 is 11.6 Å². The Labute approximate surface area is 98.2 Å². The van der Waals surface area contributed by atoms with Gasteiger partial charge in [-0.2, -0.15) is 0 Å². The van der Waals surface area contributed by atoms with Crippen molar-refractivity contribution < 1.29 is 9.59 Å². The summed E-state index contributed by atoms with van der Waals surface area (Å²) in [6, 6.07) is 5.18. The van der Waals surface area contributed by atoms with E-state index in [9.17, 15) is 9.59 Å². The summed E-state index contributed by atoms with van der Waals surface area (Å²) in [5.41, 5.74) is 1.33. The van der Waals surface area contributed by atoms with Gasteiger partial charge in [0.1, 0.15) is 0 Å². The topological polar surface area (TPSA) is 49.4 Å². The first kappa shape index (κ1) is 11.0. The van der Waals surface area contributed by atoms with Crippen LogP contribution < -0.4 is 10.2 Å². The van der Waals surface area contributed by atoms with Crippen LogP contribution in [0.4, 0.5) is 5.69 Å². The number of hydrogen-bond acceptors (Lipinski definition) is 3. The highest BCUT2D eigenvalue weighted by molar-refractivity contribution is 6.33. The van der Waals surface area contributed by atoms with Crippen molar-refractivity contribution in [1.29, 1.82) is 0 Å². The summed E-state index contributed by atoms with van der Waals surface area (Å²) in [7, 11) is 0. The van der Waals surface area contributed by atoms with E-state index in [1.807, 2.05) is 4.90 Å². The zero-order valence-electron chi connectivity index (χ0n) is 8.57. The molecule has 1 heterocycles. The normalized spacial score (nSPS) is 15.8. The van der Waals surface area contributed by atoms with Crippen LogP contribution in [0.5, 0.6) is 0 Å².